The number of benzene rings is 1. The molecule has 2 atom stereocenters. The van der Waals surface area contributed by atoms with Crippen molar-refractivity contribution in [2.24, 2.45) is 12.0 Å². The summed E-state index contributed by atoms with van der Waals surface area (Å²) in [5.74, 6) is 1.77. The van der Waals surface area contributed by atoms with E-state index in [4.69, 9.17) is 4.74 Å². The van der Waals surface area contributed by atoms with E-state index in [2.05, 4.69) is 60.6 Å². The smallest absolute Gasteiger partial charge is 0.194 e. The lowest BCUT2D eigenvalue weighted by atomic mass is 10.1. The molecule has 1 aromatic carbocycles. The number of rotatable bonds is 4. The molecule has 2 fully saturated rings. The number of hydrogen-bond donors (Lipinski definition) is 1. The van der Waals surface area contributed by atoms with Crippen LogP contribution in [-0.2, 0) is 24.9 Å². The van der Waals surface area contributed by atoms with E-state index < -0.39 is 0 Å². The topological polar surface area (TPSA) is 70.8 Å². The van der Waals surface area contributed by atoms with Gasteiger partial charge in [-0.2, -0.15) is 0 Å². The Morgan fingerprint density at radius 3 is 2.82 bits per heavy atom. The van der Waals surface area contributed by atoms with Gasteiger partial charge in [0.05, 0.1) is 25.3 Å². The predicted octanol–water partition coefficient (Wildman–Crippen LogP) is 1.09. The van der Waals surface area contributed by atoms with Crippen molar-refractivity contribution < 1.29 is 4.74 Å². The average Bonchev–Trinajstić information content (AvgIpc) is 3.30. The highest BCUT2D eigenvalue weighted by atomic mass is 127. The van der Waals surface area contributed by atoms with Crippen LogP contribution in [-0.4, -0.2) is 76.0 Å². The lowest BCUT2D eigenvalue weighted by Gasteiger charge is -2.36. The third-order valence-electron chi connectivity index (χ3n) is 5.37. The number of aryl methyl sites for hydroxylation is 1. The number of hydrogen-bond acceptors (Lipinski definition) is 5. The van der Waals surface area contributed by atoms with Crippen molar-refractivity contribution in [2.75, 3.05) is 33.3 Å². The maximum absolute atomic E-state index is 6.07. The molecule has 8 nitrogen and oxygen atoms in total. The number of morpholine rings is 1. The van der Waals surface area contributed by atoms with Gasteiger partial charge < -0.3 is 19.5 Å². The fraction of sp³-hybridized carbons (Fsp3) is 0.526. The van der Waals surface area contributed by atoms with Crippen molar-refractivity contribution in [3.05, 3.63) is 48.0 Å². The Morgan fingerprint density at radius 2 is 2.11 bits per heavy atom. The molecular weight excluding hydrogens is 469 g/mol. The van der Waals surface area contributed by atoms with Gasteiger partial charge in [-0.1, -0.05) is 30.3 Å². The van der Waals surface area contributed by atoms with Crippen LogP contribution in [0.15, 0.2) is 41.7 Å². The second-order valence-corrected chi connectivity index (χ2v) is 7.10. The van der Waals surface area contributed by atoms with E-state index in [0.717, 1.165) is 44.6 Å². The van der Waals surface area contributed by atoms with E-state index in [1.54, 1.807) is 6.33 Å². The van der Waals surface area contributed by atoms with E-state index >= 15 is 0 Å². The van der Waals surface area contributed by atoms with Gasteiger partial charge in [-0.15, -0.1) is 34.2 Å². The number of halogens is 1. The highest BCUT2D eigenvalue weighted by Gasteiger charge is 2.41. The van der Waals surface area contributed by atoms with Crippen LogP contribution >= 0.6 is 24.0 Å². The van der Waals surface area contributed by atoms with Gasteiger partial charge in [0.15, 0.2) is 11.8 Å². The number of likely N-dealkylation sites (tertiary alicyclic amines) is 1. The van der Waals surface area contributed by atoms with Crippen molar-refractivity contribution in [1.29, 1.82) is 0 Å². The molecule has 0 bridgehead atoms. The van der Waals surface area contributed by atoms with Crippen LogP contribution in [0.25, 0.3) is 0 Å². The summed E-state index contributed by atoms with van der Waals surface area (Å²) < 4.78 is 7.98. The predicted molar refractivity (Wildman–Crippen MR) is 119 cm³/mol. The number of ether oxygens (including phenoxy) is 1. The van der Waals surface area contributed by atoms with E-state index in [1.165, 1.54) is 5.56 Å². The summed E-state index contributed by atoms with van der Waals surface area (Å²) in [7, 11) is 3.77. The zero-order valence-electron chi connectivity index (χ0n) is 16.4. The summed E-state index contributed by atoms with van der Waals surface area (Å²) in [6, 6.07) is 11.0. The first-order valence-electron chi connectivity index (χ1n) is 9.42. The summed E-state index contributed by atoms with van der Waals surface area (Å²) in [6.45, 7) is 5.08. The van der Waals surface area contributed by atoms with Gasteiger partial charge >= 0.3 is 0 Å². The second-order valence-electron chi connectivity index (χ2n) is 7.10. The van der Waals surface area contributed by atoms with Crippen molar-refractivity contribution in [2.45, 2.75) is 25.2 Å². The maximum atomic E-state index is 6.07. The molecule has 2 saturated heterocycles. The Balaban J connectivity index is 0.00000225. The highest BCUT2D eigenvalue weighted by Crippen LogP contribution is 2.24. The van der Waals surface area contributed by atoms with Crippen molar-refractivity contribution >= 4 is 29.9 Å². The molecule has 2 aliphatic heterocycles. The number of nitrogens with zero attached hydrogens (tertiary/aromatic N) is 6. The molecule has 0 amide bonds. The molecule has 9 heteroatoms. The molecule has 4 rings (SSSR count). The summed E-state index contributed by atoms with van der Waals surface area (Å²) in [6.07, 6.45) is 1.93. The first-order valence-corrected chi connectivity index (χ1v) is 9.42. The summed E-state index contributed by atoms with van der Waals surface area (Å²) >= 11 is 0. The summed E-state index contributed by atoms with van der Waals surface area (Å²) in [4.78, 5) is 9.29. The Labute approximate surface area is 183 Å². The second kappa shape index (κ2) is 9.66. The standard InChI is InChI=1S/C19H27N7O.HI/c1-20-19(21-10-18-23-22-14-24(18)2)26-12-16-17(13-26)27-9-8-25(16)11-15-6-4-3-5-7-15;/h3-7,14,16-17H,8-13H2,1-2H3,(H,20,21);1H. The molecule has 2 unspecified atom stereocenters. The van der Waals surface area contributed by atoms with Gasteiger partial charge in [-0.25, -0.2) is 0 Å². The number of fused-ring (bicyclic) bond motifs is 1. The first kappa shape index (κ1) is 21.0. The monoisotopic (exact) mass is 497 g/mol. The van der Waals surface area contributed by atoms with Crippen LogP contribution in [0, 0.1) is 0 Å². The van der Waals surface area contributed by atoms with Gasteiger partial charge in [-0.3, -0.25) is 9.89 Å². The molecule has 0 saturated carbocycles. The zero-order valence-corrected chi connectivity index (χ0v) is 18.7. The Hall–Kier alpha value is -1.72. The molecule has 0 spiro atoms. The SMILES string of the molecule is CN=C(NCc1nncn1C)N1CC2OCCN(Cc3ccccc3)C2C1.I. The molecule has 28 heavy (non-hydrogen) atoms. The van der Waals surface area contributed by atoms with Gasteiger partial charge in [0, 0.05) is 40.3 Å². The highest BCUT2D eigenvalue weighted by molar-refractivity contribution is 14.0. The van der Waals surface area contributed by atoms with E-state index in [1.807, 2.05) is 18.7 Å². The van der Waals surface area contributed by atoms with Crippen LogP contribution in [0.3, 0.4) is 0 Å². The number of aromatic nitrogens is 3. The largest absolute Gasteiger partial charge is 0.373 e. The van der Waals surface area contributed by atoms with Crippen molar-refractivity contribution in [3.63, 3.8) is 0 Å². The molecule has 152 valence electrons. The van der Waals surface area contributed by atoms with Crippen LogP contribution in [0.5, 0.6) is 0 Å². The van der Waals surface area contributed by atoms with Gasteiger partial charge in [-0.05, 0) is 5.56 Å². The van der Waals surface area contributed by atoms with E-state index in [-0.39, 0.29) is 30.1 Å². The van der Waals surface area contributed by atoms with Crippen molar-refractivity contribution in [3.8, 4) is 0 Å². The fourth-order valence-corrected chi connectivity index (χ4v) is 3.90. The number of nitrogens with one attached hydrogen (secondary N) is 1. The fourth-order valence-electron chi connectivity index (χ4n) is 3.90. The molecule has 2 aliphatic rings. The van der Waals surface area contributed by atoms with Crippen LogP contribution in [0.2, 0.25) is 0 Å². The lowest BCUT2D eigenvalue weighted by molar-refractivity contribution is -0.0502. The minimum Gasteiger partial charge on any atom is -0.373 e. The van der Waals surface area contributed by atoms with Gasteiger partial charge in [0.2, 0.25) is 0 Å². The molecular formula is C19H28IN7O. The minimum atomic E-state index is 0. The Morgan fingerprint density at radius 1 is 1.29 bits per heavy atom. The quantitative estimate of drug-likeness (QED) is 0.388. The Bertz CT molecular complexity index is 782. The summed E-state index contributed by atoms with van der Waals surface area (Å²) in [5.41, 5.74) is 1.35. The van der Waals surface area contributed by atoms with E-state index in [9.17, 15) is 0 Å². The summed E-state index contributed by atoms with van der Waals surface area (Å²) in [5, 5.41) is 11.5. The first-order chi connectivity index (χ1) is 13.2. The van der Waals surface area contributed by atoms with E-state index in [0.29, 0.717) is 12.6 Å². The zero-order chi connectivity index (χ0) is 18.6. The molecule has 1 aromatic heterocycles. The molecule has 3 heterocycles. The van der Waals surface area contributed by atoms with Crippen LogP contribution < -0.4 is 5.32 Å². The van der Waals surface area contributed by atoms with Crippen LogP contribution in [0.1, 0.15) is 11.4 Å². The normalized spacial score (nSPS) is 22.6. The molecule has 1 N–H and O–H groups in total. The third kappa shape index (κ3) is 4.64. The molecule has 0 radical (unpaired) electrons. The third-order valence-corrected chi connectivity index (χ3v) is 5.37. The van der Waals surface area contributed by atoms with Gasteiger partial charge in [0.1, 0.15) is 6.33 Å². The maximum Gasteiger partial charge on any atom is 0.194 e. The Kier molecular flexibility index (Phi) is 7.24. The number of aliphatic imine (C=N–C) groups is 1. The minimum absolute atomic E-state index is 0. The van der Waals surface area contributed by atoms with Crippen molar-refractivity contribution in [1.82, 2.24) is 29.9 Å². The molecule has 0 aliphatic carbocycles. The average molecular weight is 497 g/mol. The van der Waals surface area contributed by atoms with Gasteiger partial charge in [0.25, 0.3) is 0 Å². The molecule has 2 aromatic rings. The van der Waals surface area contributed by atoms with Crippen LogP contribution in [0.4, 0.5) is 0 Å². The number of guanidine groups is 1. The lowest BCUT2D eigenvalue weighted by Crippen LogP contribution is -2.50.